The molecule has 0 amide bonds. The molecule has 0 aromatic heterocycles. The summed E-state index contributed by atoms with van der Waals surface area (Å²) in [6, 6.07) is 0. The van der Waals surface area contributed by atoms with Crippen molar-refractivity contribution in [3.8, 4) is 0 Å². The summed E-state index contributed by atoms with van der Waals surface area (Å²) in [5, 5.41) is 16.3. The van der Waals surface area contributed by atoms with Gasteiger partial charge in [0.2, 0.25) is 0 Å². The zero-order chi connectivity index (χ0) is 13.7. The van der Waals surface area contributed by atoms with E-state index in [0.29, 0.717) is 0 Å². The van der Waals surface area contributed by atoms with Crippen molar-refractivity contribution in [3.05, 3.63) is 0 Å². The van der Waals surface area contributed by atoms with Crippen molar-refractivity contribution >= 4 is 0 Å². The quantitative estimate of drug-likeness (QED) is 0.541. The van der Waals surface area contributed by atoms with E-state index in [0.717, 1.165) is 0 Å². The van der Waals surface area contributed by atoms with E-state index in [1.807, 2.05) is 0 Å². The summed E-state index contributed by atoms with van der Waals surface area (Å²) in [6.07, 6.45) is -22.8. The van der Waals surface area contributed by atoms with Crippen LogP contribution in [0, 0.1) is 0 Å². The Balaban J connectivity index is 4.53. The van der Waals surface area contributed by atoms with E-state index >= 15 is 0 Å². The molecular weight excluding hydrogens is 261 g/mol. The highest BCUT2D eigenvalue weighted by molar-refractivity contribution is 4.89. The SMILES string of the molecule is OC(O)C(F)C(F)C(F)C(F)C(F)C(F)CF. The fourth-order valence-corrected chi connectivity index (χ4v) is 0.976. The van der Waals surface area contributed by atoms with Gasteiger partial charge in [-0.3, -0.25) is 0 Å². The highest BCUT2D eigenvalue weighted by Gasteiger charge is 2.44. The predicted molar refractivity (Wildman–Crippen MR) is 43.6 cm³/mol. The zero-order valence-electron chi connectivity index (χ0n) is 8.29. The Bertz CT molecular complexity index is 218. The molecule has 0 saturated carbocycles. The molecule has 0 radical (unpaired) electrons. The third-order valence-corrected chi connectivity index (χ3v) is 1.99. The van der Waals surface area contributed by atoms with E-state index in [2.05, 4.69) is 0 Å². The molecule has 104 valence electrons. The first-order chi connectivity index (χ1) is 7.73. The van der Waals surface area contributed by atoms with Gasteiger partial charge < -0.3 is 10.2 Å². The van der Waals surface area contributed by atoms with E-state index in [1.165, 1.54) is 0 Å². The van der Waals surface area contributed by atoms with Gasteiger partial charge in [0.05, 0.1) is 0 Å². The van der Waals surface area contributed by atoms with Crippen LogP contribution in [0.5, 0.6) is 0 Å². The van der Waals surface area contributed by atoms with Crippen LogP contribution >= 0.6 is 0 Å². The van der Waals surface area contributed by atoms with Gasteiger partial charge in [0.15, 0.2) is 43.3 Å². The summed E-state index contributed by atoms with van der Waals surface area (Å²) >= 11 is 0. The smallest absolute Gasteiger partial charge is 0.186 e. The van der Waals surface area contributed by atoms with Crippen LogP contribution in [0.15, 0.2) is 0 Å². The van der Waals surface area contributed by atoms with E-state index < -0.39 is 50.0 Å². The fourth-order valence-electron chi connectivity index (χ4n) is 0.976. The molecular formula is C8H11F7O2. The van der Waals surface area contributed by atoms with Crippen LogP contribution in [0.3, 0.4) is 0 Å². The molecule has 2 nitrogen and oxygen atoms in total. The first-order valence-corrected chi connectivity index (χ1v) is 4.50. The molecule has 0 aliphatic heterocycles. The molecule has 0 aromatic rings. The Morgan fingerprint density at radius 3 is 1.35 bits per heavy atom. The molecule has 0 saturated heterocycles. The van der Waals surface area contributed by atoms with Crippen molar-refractivity contribution in [3.63, 3.8) is 0 Å². The molecule has 0 aliphatic carbocycles. The summed E-state index contributed by atoms with van der Waals surface area (Å²) < 4.78 is 87.3. The van der Waals surface area contributed by atoms with Crippen molar-refractivity contribution in [2.45, 2.75) is 43.3 Å². The Kier molecular flexibility index (Phi) is 6.76. The summed E-state index contributed by atoms with van der Waals surface area (Å²) in [4.78, 5) is 0. The van der Waals surface area contributed by atoms with E-state index in [9.17, 15) is 30.7 Å². The minimum atomic E-state index is -3.48. The second-order valence-corrected chi connectivity index (χ2v) is 3.31. The van der Waals surface area contributed by atoms with Gasteiger partial charge >= 0.3 is 0 Å². The molecule has 0 heterocycles. The number of aliphatic hydroxyl groups is 2. The third-order valence-electron chi connectivity index (χ3n) is 1.99. The Labute approximate surface area is 92.0 Å². The first kappa shape index (κ1) is 16.4. The minimum absolute atomic E-state index is 1.95. The average molecular weight is 272 g/mol. The summed E-state index contributed by atoms with van der Waals surface area (Å²) in [6.45, 7) is -1.95. The monoisotopic (exact) mass is 272 g/mol. The van der Waals surface area contributed by atoms with Crippen LogP contribution in [-0.4, -0.2) is 60.2 Å². The van der Waals surface area contributed by atoms with Gasteiger partial charge in [0.1, 0.15) is 6.67 Å². The number of hydrogen-bond donors (Lipinski definition) is 2. The van der Waals surface area contributed by atoms with E-state index in [4.69, 9.17) is 10.2 Å². The average Bonchev–Trinajstić information content (AvgIpc) is 2.32. The Morgan fingerprint density at radius 2 is 1.00 bits per heavy atom. The molecule has 0 bridgehead atoms. The molecule has 6 atom stereocenters. The van der Waals surface area contributed by atoms with Gasteiger partial charge in [-0.05, 0) is 0 Å². The van der Waals surface area contributed by atoms with Gasteiger partial charge in [-0.15, -0.1) is 0 Å². The van der Waals surface area contributed by atoms with E-state index in [-0.39, 0.29) is 0 Å². The molecule has 0 spiro atoms. The largest absolute Gasteiger partial charge is 0.366 e. The van der Waals surface area contributed by atoms with Crippen molar-refractivity contribution in [1.29, 1.82) is 0 Å². The maximum atomic E-state index is 12.8. The van der Waals surface area contributed by atoms with Gasteiger partial charge in [0.25, 0.3) is 0 Å². The van der Waals surface area contributed by atoms with Gasteiger partial charge in [-0.2, -0.15) is 0 Å². The number of halogens is 7. The van der Waals surface area contributed by atoms with Crippen LogP contribution in [0.25, 0.3) is 0 Å². The van der Waals surface area contributed by atoms with Gasteiger partial charge in [0, 0.05) is 0 Å². The summed E-state index contributed by atoms with van der Waals surface area (Å²) in [7, 11) is 0. The lowest BCUT2D eigenvalue weighted by Crippen LogP contribution is -2.46. The van der Waals surface area contributed by atoms with Crippen LogP contribution < -0.4 is 0 Å². The molecule has 2 N–H and O–H groups in total. The fraction of sp³-hybridized carbons (Fsp3) is 1.00. The number of rotatable bonds is 7. The molecule has 6 unspecified atom stereocenters. The molecule has 0 aliphatic rings. The summed E-state index contributed by atoms with van der Waals surface area (Å²) in [5.41, 5.74) is 0. The zero-order valence-corrected chi connectivity index (χ0v) is 8.29. The van der Waals surface area contributed by atoms with Crippen molar-refractivity contribution in [2.75, 3.05) is 6.67 Å². The van der Waals surface area contributed by atoms with Gasteiger partial charge in [-0.1, -0.05) is 0 Å². The van der Waals surface area contributed by atoms with Crippen molar-refractivity contribution < 1.29 is 40.9 Å². The maximum absolute atomic E-state index is 12.8. The van der Waals surface area contributed by atoms with Crippen LogP contribution in [-0.2, 0) is 0 Å². The standard InChI is InChI=1S/C8H11F7O2/c9-1-2(10)3(11)4(12)5(13)6(14)7(15)8(16)17/h2-8,16-17H,1H2. The minimum Gasteiger partial charge on any atom is -0.366 e. The van der Waals surface area contributed by atoms with Crippen LogP contribution in [0.2, 0.25) is 0 Å². The van der Waals surface area contributed by atoms with Crippen LogP contribution in [0.4, 0.5) is 30.7 Å². The third kappa shape index (κ3) is 4.30. The lowest BCUT2D eigenvalue weighted by atomic mass is 10.0. The number of aliphatic hydroxyl groups excluding tert-OH is 1. The Morgan fingerprint density at radius 1 is 0.647 bits per heavy atom. The lowest BCUT2D eigenvalue weighted by molar-refractivity contribution is -0.132. The maximum Gasteiger partial charge on any atom is 0.186 e. The molecule has 0 rings (SSSR count). The Hall–Kier alpha value is -0.570. The highest BCUT2D eigenvalue weighted by atomic mass is 19.2. The number of alkyl halides is 7. The van der Waals surface area contributed by atoms with Crippen molar-refractivity contribution in [1.82, 2.24) is 0 Å². The van der Waals surface area contributed by atoms with Crippen molar-refractivity contribution in [2.24, 2.45) is 0 Å². The highest BCUT2D eigenvalue weighted by Crippen LogP contribution is 2.24. The predicted octanol–water partition coefficient (Wildman–Crippen LogP) is 1.30. The van der Waals surface area contributed by atoms with Gasteiger partial charge in [-0.25, -0.2) is 30.7 Å². The van der Waals surface area contributed by atoms with Crippen LogP contribution in [0.1, 0.15) is 0 Å². The molecule has 9 heteroatoms. The molecule has 17 heavy (non-hydrogen) atoms. The summed E-state index contributed by atoms with van der Waals surface area (Å²) in [5.74, 6) is 0. The number of hydrogen-bond acceptors (Lipinski definition) is 2. The normalized spacial score (nSPS) is 22.9. The topological polar surface area (TPSA) is 40.5 Å². The van der Waals surface area contributed by atoms with E-state index in [1.54, 1.807) is 0 Å². The first-order valence-electron chi connectivity index (χ1n) is 4.50. The molecule has 0 fully saturated rings. The molecule has 0 aromatic carbocycles. The second-order valence-electron chi connectivity index (χ2n) is 3.31. The lowest BCUT2D eigenvalue weighted by Gasteiger charge is -2.23. The second kappa shape index (κ2) is 7.00.